The number of para-hydroxylation sites is 1. The van der Waals surface area contributed by atoms with E-state index in [1.54, 1.807) is 13.2 Å². The van der Waals surface area contributed by atoms with Crippen LogP contribution in [0.3, 0.4) is 0 Å². The lowest BCUT2D eigenvalue weighted by molar-refractivity contribution is -0.134. The molecule has 0 aliphatic heterocycles. The number of carbonyl (C=O) groups excluding carboxylic acids is 1. The third-order valence-electron chi connectivity index (χ3n) is 6.09. The number of fused-ring (bicyclic) bond motifs is 1. The van der Waals surface area contributed by atoms with Gasteiger partial charge in [0.05, 0.1) is 18.0 Å². The van der Waals surface area contributed by atoms with E-state index in [-0.39, 0.29) is 17.5 Å². The van der Waals surface area contributed by atoms with E-state index in [4.69, 9.17) is 4.74 Å². The van der Waals surface area contributed by atoms with Crippen molar-refractivity contribution in [2.24, 2.45) is 5.92 Å². The number of aromatic amines is 1. The third-order valence-corrected chi connectivity index (χ3v) is 6.09. The van der Waals surface area contributed by atoms with Crippen molar-refractivity contribution in [3.8, 4) is 5.75 Å². The lowest BCUT2D eigenvalue weighted by atomic mass is 10.1. The van der Waals surface area contributed by atoms with Gasteiger partial charge in [-0.25, -0.2) is 4.98 Å². The molecule has 0 radical (unpaired) electrons. The van der Waals surface area contributed by atoms with Crippen LogP contribution in [-0.4, -0.2) is 33.9 Å². The number of methoxy groups -OCH3 is 1. The number of nitrogens with zero attached hydrogens (tertiary/aromatic N) is 2. The minimum absolute atomic E-state index is 0.129. The topological polar surface area (TPSA) is 75.3 Å². The number of H-pyrrole nitrogens is 1. The molecule has 6 heteroatoms. The molecule has 2 aromatic carbocycles. The number of carbonyl (C=O) groups is 1. The highest BCUT2D eigenvalue weighted by atomic mass is 16.5. The molecule has 1 aromatic heterocycles. The first kappa shape index (κ1) is 21.1. The molecule has 4 rings (SSSR count). The second-order valence-electron chi connectivity index (χ2n) is 8.33. The minimum Gasteiger partial charge on any atom is -0.497 e. The van der Waals surface area contributed by atoms with Crippen LogP contribution < -0.4 is 10.3 Å². The molecule has 1 aliphatic carbocycles. The van der Waals surface area contributed by atoms with E-state index < -0.39 is 0 Å². The first-order valence-electron chi connectivity index (χ1n) is 11.0. The quantitative estimate of drug-likeness (QED) is 0.567. The van der Waals surface area contributed by atoms with Crippen molar-refractivity contribution in [2.75, 3.05) is 7.11 Å². The Hall–Kier alpha value is -3.15. The largest absolute Gasteiger partial charge is 0.497 e. The molecule has 1 saturated carbocycles. The van der Waals surface area contributed by atoms with Crippen LogP contribution in [0.2, 0.25) is 0 Å². The zero-order valence-electron chi connectivity index (χ0n) is 18.1. The number of benzene rings is 2. The van der Waals surface area contributed by atoms with Crippen LogP contribution in [0.1, 0.15) is 44.0 Å². The molecular formula is C25H29N3O3. The Morgan fingerprint density at radius 2 is 1.94 bits per heavy atom. The Kier molecular flexibility index (Phi) is 6.35. The van der Waals surface area contributed by atoms with Crippen LogP contribution in [0.15, 0.2) is 53.3 Å². The van der Waals surface area contributed by atoms with Crippen molar-refractivity contribution in [3.63, 3.8) is 0 Å². The van der Waals surface area contributed by atoms with Crippen molar-refractivity contribution in [2.45, 2.75) is 51.6 Å². The first-order chi connectivity index (χ1) is 15.0. The van der Waals surface area contributed by atoms with Gasteiger partial charge in [0.2, 0.25) is 5.91 Å². The van der Waals surface area contributed by atoms with E-state index in [9.17, 15) is 9.59 Å². The standard InChI is InChI=1S/C25H29N3O3/c1-17(19-12-13-19)28(16-18-10-14-20(31-2)15-11-18)24(29)9-5-8-23-26-22-7-4-3-6-21(22)25(30)27-23/h3-4,6-7,10-11,14-15,17,19H,5,8-9,12-13,16H2,1-2H3,(H,26,27,30). The molecule has 0 spiro atoms. The van der Waals surface area contributed by atoms with Gasteiger partial charge in [-0.05, 0) is 61.9 Å². The van der Waals surface area contributed by atoms with Crippen LogP contribution >= 0.6 is 0 Å². The van der Waals surface area contributed by atoms with Gasteiger partial charge in [-0.3, -0.25) is 9.59 Å². The fourth-order valence-electron chi connectivity index (χ4n) is 4.02. The van der Waals surface area contributed by atoms with Crippen LogP contribution in [0.4, 0.5) is 0 Å². The predicted octanol–water partition coefficient (Wildman–Crippen LogP) is 4.08. The average molecular weight is 420 g/mol. The zero-order valence-corrected chi connectivity index (χ0v) is 18.1. The van der Waals surface area contributed by atoms with Gasteiger partial charge >= 0.3 is 0 Å². The van der Waals surface area contributed by atoms with Gasteiger partial charge in [0.15, 0.2) is 0 Å². The monoisotopic (exact) mass is 419 g/mol. The highest BCUT2D eigenvalue weighted by Gasteiger charge is 2.34. The number of hydrogen-bond acceptors (Lipinski definition) is 4. The Bertz CT molecular complexity index is 1100. The second-order valence-corrected chi connectivity index (χ2v) is 8.33. The minimum atomic E-state index is -0.129. The lowest BCUT2D eigenvalue weighted by Gasteiger charge is -2.30. The SMILES string of the molecule is COc1ccc(CN(C(=O)CCCc2nc3ccccc3c(=O)[nH]2)C(C)C2CC2)cc1. The van der Waals surface area contributed by atoms with Gasteiger partial charge in [-0.15, -0.1) is 0 Å². The summed E-state index contributed by atoms with van der Waals surface area (Å²) in [6.07, 6.45) is 4.03. The highest BCUT2D eigenvalue weighted by Crippen LogP contribution is 2.36. The van der Waals surface area contributed by atoms with Crippen molar-refractivity contribution >= 4 is 16.8 Å². The van der Waals surface area contributed by atoms with Crippen molar-refractivity contribution in [1.82, 2.24) is 14.9 Å². The number of rotatable bonds is 9. The van der Waals surface area contributed by atoms with E-state index in [2.05, 4.69) is 16.9 Å². The molecule has 1 unspecified atom stereocenters. The van der Waals surface area contributed by atoms with E-state index in [0.29, 0.717) is 48.5 Å². The summed E-state index contributed by atoms with van der Waals surface area (Å²) in [4.78, 5) is 34.8. The molecule has 1 aliphatic rings. The van der Waals surface area contributed by atoms with E-state index in [1.807, 2.05) is 47.4 Å². The zero-order chi connectivity index (χ0) is 21.8. The molecule has 1 amide bonds. The van der Waals surface area contributed by atoms with E-state index in [0.717, 1.165) is 11.3 Å². The first-order valence-corrected chi connectivity index (χ1v) is 11.0. The lowest BCUT2D eigenvalue weighted by Crippen LogP contribution is -2.39. The summed E-state index contributed by atoms with van der Waals surface area (Å²) in [6.45, 7) is 2.76. The van der Waals surface area contributed by atoms with Crippen LogP contribution in [0, 0.1) is 5.92 Å². The maximum atomic E-state index is 13.1. The number of nitrogens with one attached hydrogen (secondary N) is 1. The Morgan fingerprint density at radius 3 is 2.65 bits per heavy atom. The van der Waals surface area contributed by atoms with Crippen molar-refractivity contribution < 1.29 is 9.53 Å². The smallest absolute Gasteiger partial charge is 0.258 e. The molecular weight excluding hydrogens is 390 g/mol. The number of ether oxygens (including phenoxy) is 1. The molecule has 1 heterocycles. The Morgan fingerprint density at radius 1 is 1.19 bits per heavy atom. The summed E-state index contributed by atoms with van der Waals surface area (Å²) in [5.41, 5.74) is 1.66. The highest BCUT2D eigenvalue weighted by molar-refractivity contribution is 5.77. The van der Waals surface area contributed by atoms with Gasteiger partial charge in [-0.1, -0.05) is 24.3 Å². The normalized spacial score (nSPS) is 14.4. The number of amides is 1. The summed E-state index contributed by atoms with van der Waals surface area (Å²) >= 11 is 0. The van der Waals surface area contributed by atoms with Crippen LogP contribution in [0.25, 0.3) is 10.9 Å². The predicted molar refractivity (Wildman–Crippen MR) is 121 cm³/mol. The fourth-order valence-corrected chi connectivity index (χ4v) is 4.02. The summed E-state index contributed by atoms with van der Waals surface area (Å²) in [6, 6.07) is 15.4. The number of hydrogen-bond donors (Lipinski definition) is 1. The van der Waals surface area contributed by atoms with Gasteiger partial charge in [0.25, 0.3) is 5.56 Å². The Labute approximate surface area is 182 Å². The Balaban J connectivity index is 1.40. The molecule has 1 atom stereocenters. The molecule has 0 bridgehead atoms. The van der Waals surface area contributed by atoms with Gasteiger partial charge in [-0.2, -0.15) is 0 Å². The van der Waals surface area contributed by atoms with Gasteiger partial charge in [0, 0.05) is 25.4 Å². The van der Waals surface area contributed by atoms with Crippen LogP contribution in [-0.2, 0) is 17.8 Å². The summed E-state index contributed by atoms with van der Waals surface area (Å²) in [7, 11) is 1.65. The molecule has 1 fully saturated rings. The third kappa shape index (κ3) is 5.13. The number of aromatic nitrogens is 2. The molecule has 162 valence electrons. The molecule has 0 saturated heterocycles. The van der Waals surface area contributed by atoms with Crippen molar-refractivity contribution in [1.29, 1.82) is 0 Å². The summed E-state index contributed by atoms with van der Waals surface area (Å²) in [5.74, 6) is 2.20. The van der Waals surface area contributed by atoms with Crippen LogP contribution in [0.5, 0.6) is 5.75 Å². The summed E-state index contributed by atoms with van der Waals surface area (Å²) < 4.78 is 5.24. The molecule has 31 heavy (non-hydrogen) atoms. The fraction of sp³-hybridized carbons (Fsp3) is 0.400. The number of aryl methyl sites for hydroxylation is 1. The average Bonchev–Trinajstić information content (AvgIpc) is 3.63. The van der Waals surface area contributed by atoms with Gasteiger partial charge in [0.1, 0.15) is 11.6 Å². The maximum absolute atomic E-state index is 13.1. The van der Waals surface area contributed by atoms with Gasteiger partial charge < -0.3 is 14.6 Å². The molecule has 1 N–H and O–H groups in total. The maximum Gasteiger partial charge on any atom is 0.258 e. The summed E-state index contributed by atoms with van der Waals surface area (Å²) in [5, 5.41) is 0.589. The molecule has 6 nitrogen and oxygen atoms in total. The molecule has 3 aromatic rings. The van der Waals surface area contributed by atoms with E-state index in [1.165, 1.54) is 12.8 Å². The second kappa shape index (κ2) is 9.33. The van der Waals surface area contributed by atoms with E-state index >= 15 is 0 Å². The van der Waals surface area contributed by atoms with Crippen molar-refractivity contribution in [3.05, 3.63) is 70.3 Å².